The van der Waals surface area contributed by atoms with E-state index in [1.165, 1.54) is 4.68 Å². The molecular weight excluding hydrogens is 481 g/mol. The summed E-state index contributed by atoms with van der Waals surface area (Å²) < 4.78 is 48.3. The van der Waals surface area contributed by atoms with Gasteiger partial charge in [-0.2, -0.15) is 18.3 Å². The van der Waals surface area contributed by atoms with Crippen molar-refractivity contribution in [2.45, 2.75) is 78.4 Å². The second-order valence-electron chi connectivity index (χ2n) is 9.90. The number of benzene rings is 1. The average Bonchev–Trinajstić information content (AvgIpc) is 3.55. The Labute approximate surface area is 216 Å². The van der Waals surface area contributed by atoms with Gasteiger partial charge in [0.1, 0.15) is 11.9 Å². The van der Waals surface area contributed by atoms with E-state index in [0.717, 1.165) is 31.5 Å². The predicted octanol–water partition coefficient (Wildman–Crippen LogP) is 6.37. The molecule has 4 heterocycles. The maximum absolute atomic E-state index is 13.8. The molecule has 1 aliphatic carbocycles. The van der Waals surface area contributed by atoms with Crippen molar-refractivity contribution in [1.29, 1.82) is 0 Å². The Balaban J connectivity index is 0.00000104. The molecule has 2 bridgehead atoms. The summed E-state index contributed by atoms with van der Waals surface area (Å²) in [5.41, 5.74) is 0.992. The van der Waals surface area contributed by atoms with Crippen molar-refractivity contribution >= 4 is 6.01 Å². The molecule has 2 fully saturated rings. The van der Waals surface area contributed by atoms with Gasteiger partial charge in [-0.05, 0) is 49.0 Å². The maximum atomic E-state index is 13.8. The molecule has 1 aromatic carbocycles. The lowest BCUT2D eigenvalue weighted by atomic mass is 9.82. The van der Waals surface area contributed by atoms with Crippen LogP contribution in [0.15, 0.2) is 34.7 Å². The van der Waals surface area contributed by atoms with Crippen LogP contribution in [0.1, 0.15) is 82.0 Å². The minimum Gasteiger partial charge on any atom is -0.408 e. The SMILES string of the molecule is C.CC.Cc1nnc(N2C[C@H]3CC[C@@H](C2)C3Cc2nc3n(n2)C(C(F)(F)F)CCC3c2ccccc2)o1. The normalized spacial score (nSPS) is 26.6. The lowest BCUT2D eigenvalue weighted by Gasteiger charge is -2.36. The molecule has 2 aliphatic heterocycles. The zero-order chi connectivity index (χ0) is 25.4. The highest BCUT2D eigenvalue weighted by molar-refractivity contribution is 5.29. The van der Waals surface area contributed by atoms with Crippen molar-refractivity contribution in [3.63, 3.8) is 0 Å². The standard InChI is InChI=1S/C24H27F3N6O.C2H6.CH4/c1-14-29-30-23(34-14)32-12-16-7-8-17(13-32)19(16)11-21-28-22-18(15-5-3-2-4-6-15)9-10-20(24(25,26)27)33(22)31-21;1-2;/h2-6,16-20H,7-13H2,1H3;1-2H3;1H4/t16-,17+,18?,19?,20?;;. The number of nitrogens with zero attached hydrogens (tertiary/aromatic N) is 6. The molecule has 7 nitrogen and oxygen atoms in total. The summed E-state index contributed by atoms with van der Waals surface area (Å²) in [7, 11) is 0. The highest BCUT2D eigenvalue weighted by Crippen LogP contribution is 2.46. The number of aromatic nitrogens is 5. The number of hydrogen-bond acceptors (Lipinski definition) is 6. The molecule has 2 aromatic heterocycles. The fraction of sp³-hybridized carbons (Fsp3) is 0.630. The van der Waals surface area contributed by atoms with Gasteiger partial charge in [-0.15, -0.1) is 5.10 Å². The zero-order valence-electron chi connectivity index (χ0n) is 20.9. The molecule has 10 heteroatoms. The fourth-order valence-electron chi connectivity index (χ4n) is 6.26. The van der Waals surface area contributed by atoms with Crippen molar-refractivity contribution in [2.75, 3.05) is 18.0 Å². The number of alkyl halides is 3. The first kappa shape index (κ1) is 27.1. The van der Waals surface area contributed by atoms with Gasteiger partial charge in [0, 0.05) is 32.4 Å². The average molecular weight is 519 g/mol. The van der Waals surface area contributed by atoms with Crippen LogP contribution in [0.4, 0.5) is 19.2 Å². The summed E-state index contributed by atoms with van der Waals surface area (Å²) in [6, 6.07) is 8.63. The molecule has 0 amide bonds. The minimum absolute atomic E-state index is 0. The van der Waals surface area contributed by atoms with Crippen LogP contribution in [0.25, 0.3) is 0 Å². The fourth-order valence-corrected chi connectivity index (χ4v) is 6.26. The van der Waals surface area contributed by atoms with Crippen LogP contribution < -0.4 is 4.90 Å². The van der Waals surface area contributed by atoms with Crippen molar-refractivity contribution in [2.24, 2.45) is 17.8 Å². The summed E-state index contributed by atoms with van der Waals surface area (Å²) in [5, 5.41) is 12.6. The van der Waals surface area contributed by atoms with Crippen molar-refractivity contribution in [1.82, 2.24) is 25.0 Å². The summed E-state index contributed by atoms with van der Waals surface area (Å²) in [6.07, 6.45) is -1.12. The van der Waals surface area contributed by atoms with Gasteiger partial charge < -0.3 is 9.32 Å². The highest BCUT2D eigenvalue weighted by atomic mass is 19.4. The van der Waals surface area contributed by atoms with Crippen molar-refractivity contribution in [3.8, 4) is 0 Å². The largest absolute Gasteiger partial charge is 0.410 e. The third kappa shape index (κ3) is 5.25. The van der Waals surface area contributed by atoms with Crippen LogP contribution in [0.5, 0.6) is 0 Å². The van der Waals surface area contributed by atoms with E-state index in [1.807, 2.05) is 44.2 Å². The summed E-state index contributed by atoms with van der Waals surface area (Å²) in [6.45, 7) is 7.41. The molecule has 3 aromatic rings. The van der Waals surface area contributed by atoms with Gasteiger partial charge in [-0.3, -0.25) is 0 Å². The Morgan fingerprint density at radius 2 is 1.65 bits per heavy atom. The van der Waals surface area contributed by atoms with E-state index in [0.29, 0.717) is 54.1 Å². The van der Waals surface area contributed by atoms with Gasteiger partial charge >= 0.3 is 12.2 Å². The second-order valence-corrected chi connectivity index (χ2v) is 9.90. The van der Waals surface area contributed by atoms with Crippen molar-refractivity contribution in [3.05, 3.63) is 53.4 Å². The molecule has 0 radical (unpaired) electrons. The first-order valence-electron chi connectivity index (χ1n) is 13.0. The monoisotopic (exact) mass is 518 g/mol. The Hall–Kier alpha value is -2.91. The Morgan fingerprint density at radius 3 is 2.24 bits per heavy atom. The number of piperidine rings is 1. The number of anilines is 1. The lowest BCUT2D eigenvalue weighted by molar-refractivity contribution is -0.175. The Kier molecular flexibility index (Phi) is 7.94. The molecular formula is C27H37F3N6O. The topological polar surface area (TPSA) is 72.9 Å². The van der Waals surface area contributed by atoms with E-state index in [2.05, 4.69) is 20.2 Å². The third-order valence-electron chi connectivity index (χ3n) is 7.85. The Morgan fingerprint density at radius 1 is 0.973 bits per heavy atom. The first-order chi connectivity index (χ1) is 17.4. The molecule has 202 valence electrons. The smallest absolute Gasteiger partial charge is 0.408 e. The number of aryl methyl sites for hydroxylation is 1. The van der Waals surface area contributed by atoms with Gasteiger partial charge in [-0.25, -0.2) is 9.67 Å². The molecule has 1 saturated heterocycles. The van der Waals surface area contributed by atoms with Gasteiger partial charge in [-0.1, -0.05) is 56.7 Å². The van der Waals surface area contributed by atoms with E-state index < -0.39 is 12.2 Å². The van der Waals surface area contributed by atoms with Crippen LogP contribution in [0, 0.1) is 24.7 Å². The van der Waals surface area contributed by atoms with E-state index >= 15 is 0 Å². The molecule has 0 spiro atoms. The van der Waals surface area contributed by atoms with E-state index in [9.17, 15) is 13.2 Å². The van der Waals surface area contributed by atoms with Crippen molar-refractivity contribution < 1.29 is 17.6 Å². The second kappa shape index (κ2) is 10.8. The third-order valence-corrected chi connectivity index (χ3v) is 7.85. The number of hydrogen-bond donors (Lipinski definition) is 0. The van der Waals surface area contributed by atoms with Gasteiger partial charge in [0.15, 0.2) is 5.82 Å². The van der Waals surface area contributed by atoms with Crippen LogP contribution in [-0.4, -0.2) is 44.2 Å². The summed E-state index contributed by atoms with van der Waals surface area (Å²) in [5.74, 6) is 2.54. The quantitative estimate of drug-likeness (QED) is 0.400. The lowest BCUT2D eigenvalue weighted by Crippen LogP contribution is -2.43. The van der Waals surface area contributed by atoms with Crippen LogP contribution in [0.3, 0.4) is 0 Å². The zero-order valence-corrected chi connectivity index (χ0v) is 20.9. The van der Waals surface area contributed by atoms with E-state index in [-0.39, 0.29) is 19.8 Å². The van der Waals surface area contributed by atoms with Crippen LogP contribution in [-0.2, 0) is 6.42 Å². The molecule has 3 unspecified atom stereocenters. The number of fused-ring (bicyclic) bond motifs is 3. The molecule has 3 aliphatic rings. The van der Waals surface area contributed by atoms with Gasteiger partial charge in [0.2, 0.25) is 5.89 Å². The first-order valence-corrected chi connectivity index (χ1v) is 13.0. The van der Waals surface area contributed by atoms with E-state index in [4.69, 9.17) is 9.40 Å². The number of halogens is 3. The van der Waals surface area contributed by atoms with E-state index in [1.54, 1.807) is 6.92 Å². The van der Waals surface area contributed by atoms with Gasteiger partial charge in [0.05, 0.1) is 0 Å². The van der Waals surface area contributed by atoms with Crippen LogP contribution in [0.2, 0.25) is 0 Å². The number of rotatable bonds is 4. The van der Waals surface area contributed by atoms with Gasteiger partial charge in [0.25, 0.3) is 0 Å². The Bertz CT molecular complexity index is 1150. The summed E-state index contributed by atoms with van der Waals surface area (Å²) in [4.78, 5) is 6.89. The van der Waals surface area contributed by atoms with Crippen LogP contribution >= 0.6 is 0 Å². The predicted molar refractivity (Wildman–Crippen MR) is 135 cm³/mol. The molecule has 1 saturated carbocycles. The molecule has 6 rings (SSSR count). The summed E-state index contributed by atoms with van der Waals surface area (Å²) >= 11 is 0. The molecule has 0 N–H and O–H groups in total. The highest BCUT2D eigenvalue weighted by Gasteiger charge is 2.48. The molecule has 37 heavy (non-hydrogen) atoms. The molecule has 5 atom stereocenters. The maximum Gasteiger partial charge on any atom is 0.410 e. The minimum atomic E-state index is -4.34.